The van der Waals surface area contributed by atoms with Crippen LogP contribution in [0.5, 0.6) is 0 Å². The van der Waals surface area contributed by atoms with Crippen molar-refractivity contribution in [1.82, 2.24) is 4.90 Å². The van der Waals surface area contributed by atoms with E-state index in [1.54, 1.807) is 13.0 Å². The van der Waals surface area contributed by atoms with Gasteiger partial charge < -0.3 is 10.4 Å². The van der Waals surface area contributed by atoms with E-state index in [-0.39, 0.29) is 17.4 Å². The molecule has 0 radical (unpaired) electrons. The van der Waals surface area contributed by atoms with E-state index >= 15 is 0 Å². The number of aromatic carboxylic acids is 1. The molecule has 1 heterocycles. The molecule has 0 atom stereocenters. The number of hydrogen-bond donors (Lipinski definition) is 2. The van der Waals surface area contributed by atoms with E-state index in [2.05, 4.69) is 22.3 Å². The molecule has 1 aliphatic rings. The van der Waals surface area contributed by atoms with Crippen LogP contribution in [0.2, 0.25) is 0 Å². The van der Waals surface area contributed by atoms with Gasteiger partial charge in [-0.25, -0.2) is 4.79 Å². The molecule has 0 saturated carbocycles. The Labute approximate surface area is 160 Å². The first-order valence-corrected chi connectivity index (χ1v) is 9.35. The van der Waals surface area contributed by atoms with Gasteiger partial charge in [0.2, 0.25) is 5.91 Å². The van der Waals surface area contributed by atoms with Crippen LogP contribution in [0.1, 0.15) is 39.9 Å². The van der Waals surface area contributed by atoms with Crippen LogP contribution in [0.25, 0.3) is 0 Å². The van der Waals surface area contributed by atoms with Gasteiger partial charge in [-0.1, -0.05) is 36.4 Å². The monoisotopic (exact) mass is 366 g/mol. The molecule has 27 heavy (non-hydrogen) atoms. The van der Waals surface area contributed by atoms with Crippen LogP contribution >= 0.6 is 0 Å². The molecule has 0 aromatic heterocycles. The van der Waals surface area contributed by atoms with Gasteiger partial charge in [0.1, 0.15) is 0 Å². The molecule has 0 aliphatic carbocycles. The summed E-state index contributed by atoms with van der Waals surface area (Å²) < 4.78 is 0. The number of nitrogens with zero attached hydrogens (tertiary/aromatic N) is 1. The second kappa shape index (κ2) is 8.35. The normalized spacial score (nSPS) is 15.5. The van der Waals surface area contributed by atoms with E-state index in [4.69, 9.17) is 0 Å². The van der Waals surface area contributed by atoms with Crippen molar-refractivity contribution in [2.75, 3.05) is 18.4 Å². The minimum absolute atomic E-state index is 0.0161. The number of rotatable bonds is 5. The summed E-state index contributed by atoms with van der Waals surface area (Å²) in [5.41, 5.74) is 3.69. The standard InChI is InChI=1S/C22H26N2O3/c1-15-12-16(2)20(13-19(15)22(26)27)23-21(25)18-8-10-24(11-9-18)14-17-6-4-3-5-7-17/h3-7,12-13,18H,8-11,14H2,1-2H3,(H,23,25)(H,26,27). The fraction of sp³-hybridized carbons (Fsp3) is 0.364. The quantitative estimate of drug-likeness (QED) is 0.843. The fourth-order valence-electron chi connectivity index (χ4n) is 3.65. The van der Waals surface area contributed by atoms with Crippen molar-refractivity contribution >= 4 is 17.6 Å². The number of carbonyl (C=O) groups is 2. The van der Waals surface area contributed by atoms with Crippen LogP contribution in [0.15, 0.2) is 42.5 Å². The average molecular weight is 366 g/mol. The summed E-state index contributed by atoms with van der Waals surface area (Å²) in [6.07, 6.45) is 1.63. The van der Waals surface area contributed by atoms with Crippen LogP contribution in [0, 0.1) is 19.8 Å². The lowest BCUT2D eigenvalue weighted by atomic mass is 9.95. The zero-order chi connectivity index (χ0) is 19.4. The highest BCUT2D eigenvalue weighted by molar-refractivity contribution is 5.96. The lowest BCUT2D eigenvalue weighted by Crippen LogP contribution is -2.37. The molecular weight excluding hydrogens is 340 g/mol. The van der Waals surface area contributed by atoms with Crippen molar-refractivity contribution in [3.8, 4) is 0 Å². The molecule has 142 valence electrons. The third-order valence-electron chi connectivity index (χ3n) is 5.27. The predicted octanol–water partition coefficient (Wildman–Crippen LogP) is 3.85. The number of hydrogen-bond acceptors (Lipinski definition) is 3. The van der Waals surface area contributed by atoms with Gasteiger partial charge >= 0.3 is 5.97 Å². The van der Waals surface area contributed by atoms with E-state index in [9.17, 15) is 14.7 Å². The van der Waals surface area contributed by atoms with E-state index in [1.165, 1.54) is 5.56 Å². The molecule has 0 bridgehead atoms. The Morgan fingerprint density at radius 1 is 1.07 bits per heavy atom. The van der Waals surface area contributed by atoms with Gasteiger partial charge in [-0.3, -0.25) is 9.69 Å². The molecule has 2 aromatic rings. The molecule has 0 unspecified atom stereocenters. The number of benzene rings is 2. The molecule has 2 N–H and O–H groups in total. The van der Waals surface area contributed by atoms with Crippen molar-refractivity contribution in [2.24, 2.45) is 5.92 Å². The molecular formula is C22H26N2O3. The topological polar surface area (TPSA) is 69.6 Å². The van der Waals surface area contributed by atoms with Gasteiger partial charge in [0.25, 0.3) is 0 Å². The van der Waals surface area contributed by atoms with Crippen molar-refractivity contribution in [3.05, 3.63) is 64.7 Å². The third kappa shape index (κ3) is 4.74. The number of anilines is 1. The summed E-state index contributed by atoms with van der Waals surface area (Å²) in [7, 11) is 0. The second-order valence-corrected chi connectivity index (χ2v) is 7.31. The zero-order valence-corrected chi connectivity index (χ0v) is 15.9. The highest BCUT2D eigenvalue weighted by atomic mass is 16.4. The van der Waals surface area contributed by atoms with Crippen LogP contribution in [0.3, 0.4) is 0 Å². The summed E-state index contributed by atoms with van der Waals surface area (Å²) in [4.78, 5) is 26.4. The van der Waals surface area contributed by atoms with Gasteiger partial charge in [0.15, 0.2) is 0 Å². The minimum atomic E-state index is -0.975. The number of aryl methyl sites for hydroxylation is 2. The molecule has 1 aliphatic heterocycles. The molecule has 2 aromatic carbocycles. The Hall–Kier alpha value is -2.66. The maximum Gasteiger partial charge on any atom is 0.336 e. The Morgan fingerprint density at radius 3 is 2.37 bits per heavy atom. The Kier molecular flexibility index (Phi) is 5.91. The number of carboxylic acid groups (broad SMARTS) is 1. The lowest BCUT2D eigenvalue weighted by molar-refractivity contribution is -0.121. The number of nitrogens with one attached hydrogen (secondary N) is 1. The molecule has 5 heteroatoms. The first-order valence-electron chi connectivity index (χ1n) is 9.35. The molecule has 1 fully saturated rings. The van der Waals surface area contributed by atoms with E-state index in [0.29, 0.717) is 11.3 Å². The van der Waals surface area contributed by atoms with Crippen LogP contribution in [-0.4, -0.2) is 35.0 Å². The molecule has 1 amide bonds. The van der Waals surface area contributed by atoms with Gasteiger partial charge in [0, 0.05) is 18.2 Å². The summed E-state index contributed by atoms with van der Waals surface area (Å²) in [5, 5.41) is 12.2. The maximum atomic E-state index is 12.7. The van der Waals surface area contributed by atoms with E-state index in [0.717, 1.165) is 38.0 Å². The summed E-state index contributed by atoms with van der Waals surface area (Å²) in [6.45, 7) is 6.34. The highest BCUT2D eigenvalue weighted by Gasteiger charge is 2.25. The lowest BCUT2D eigenvalue weighted by Gasteiger charge is -2.31. The van der Waals surface area contributed by atoms with Crippen molar-refractivity contribution in [1.29, 1.82) is 0 Å². The third-order valence-corrected chi connectivity index (χ3v) is 5.27. The second-order valence-electron chi connectivity index (χ2n) is 7.31. The number of likely N-dealkylation sites (tertiary alicyclic amines) is 1. The summed E-state index contributed by atoms with van der Waals surface area (Å²) >= 11 is 0. The zero-order valence-electron chi connectivity index (χ0n) is 15.9. The molecule has 0 spiro atoms. The predicted molar refractivity (Wildman–Crippen MR) is 106 cm³/mol. The highest BCUT2D eigenvalue weighted by Crippen LogP contribution is 2.24. The van der Waals surface area contributed by atoms with Gasteiger partial charge in [-0.15, -0.1) is 0 Å². The van der Waals surface area contributed by atoms with Crippen molar-refractivity contribution < 1.29 is 14.7 Å². The summed E-state index contributed by atoms with van der Waals surface area (Å²) in [6, 6.07) is 13.7. The summed E-state index contributed by atoms with van der Waals surface area (Å²) in [5.74, 6) is -1.03. The number of carboxylic acids is 1. The van der Waals surface area contributed by atoms with Crippen molar-refractivity contribution in [2.45, 2.75) is 33.2 Å². The van der Waals surface area contributed by atoms with Gasteiger partial charge in [0.05, 0.1) is 5.56 Å². The first-order chi connectivity index (χ1) is 12.9. The van der Waals surface area contributed by atoms with Gasteiger partial charge in [-0.2, -0.15) is 0 Å². The number of amides is 1. The van der Waals surface area contributed by atoms with Crippen molar-refractivity contribution in [3.63, 3.8) is 0 Å². The van der Waals surface area contributed by atoms with E-state index in [1.807, 2.05) is 31.2 Å². The van der Waals surface area contributed by atoms with Crippen LogP contribution in [0.4, 0.5) is 5.69 Å². The largest absolute Gasteiger partial charge is 0.478 e. The fourth-order valence-corrected chi connectivity index (χ4v) is 3.65. The molecule has 1 saturated heterocycles. The Morgan fingerprint density at radius 2 is 1.74 bits per heavy atom. The number of carbonyl (C=O) groups excluding carboxylic acids is 1. The maximum absolute atomic E-state index is 12.7. The SMILES string of the molecule is Cc1cc(C)c(C(=O)O)cc1NC(=O)C1CCN(Cc2ccccc2)CC1. The minimum Gasteiger partial charge on any atom is -0.478 e. The Balaban J connectivity index is 1.58. The molecule has 3 rings (SSSR count). The first kappa shape index (κ1) is 19.1. The Bertz CT molecular complexity index is 825. The van der Waals surface area contributed by atoms with Crippen LogP contribution in [-0.2, 0) is 11.3 Å². The van der Waals surface area contributed by atoms with Gasteiger partial charge in [-0.05, 0) is 62.5 Å². The van der Waals surface area contributed by atoms with Crippen LogP contribution < -0.4 is 5.32 Å². The van der Waals surface area contributed by atoms with E-state index < -0.39 is 5.97 Å². The average Bonchev–Trinajstić information content (AvgIpc) is 2.65. The smallest absolute Gasteiger partial charge is 0.336 e. The number of piperidine rings is 1. The molecule has 5 nitrogen and oxygen atoms in total.